The van der Waals surface area contributed by atoms with Gasteiger partial charge in [-0.2, -0.15) is 0 Å². The molecule has 0 aromatic carbocycles. The van der Waals surface area contributed by atoms with Gasteiger partial charge in [0.15, 0.2) is 0 Å². The Labute approximate surface area is 122 Å². The van der Waals surface area contributed by atoms with Gasteiger partial charge >= 0.3 is 12.1 Å². The lowest BCUT2D eigenvalue weighted by Gasteiger charge is -2.42. The summed E-state index contributed by atoms with van der Waals surface area (Å²) in [7, 11) is 0. The van der Waals surface area contributed by atoms with E-state index >= 15 is 0 Å². The molecule has 2 heterocycles. The zero-order chi connectivity index (χ0) is 15.8. The summed E-state index contributed by atoms with van der Waals surface area (Å²) < 4.78 is 5.38. The maximum Gasteiger partial charge on any atom is 0.410 e. The van der Waals surface area contributed by atoms with Crippen LogP contribution in [0.25, 0.3) is 10.4 Å². The molecule has 2 aliphatic heterocycles. The van der Waals surface area contributed by atoms with Gasteiger partial charge in [-0.1, -0.05) is 5.11 Å². The van der Waals surface area contributed by atoms with E-state index in [1.54, 1.807) is 25.7 Å². The highest BCUT2D eigenvalue weighted by Crippen LogP contribution is 2.43. The number of ether oxygens (including phenoxy) is 1. The molecule has 2 fully saturated rings. The Morgan fingerprint density at radius 1 is 1.33 bits per heavy atom. The Morgan fingerprint density at radius 2 is 1.86 bits per heavy atom. The maximum absolute atomic E-state index is 12.3. The van der Waals surface area contributed by atoms with Crippen molar-refractivity contribution >= 4 is 12.1 Å². The molecular formula is C13H20N4O4. The molecule has 0 radical (unpaired) electrons. The van der Waals surface area contributed by atoms with Crippen molar-refractivity contribution in [3.8, 4) is 0 Å². The molecule has 1 amide bonds. The van der Waals surface area contributed by atoms with Crippen LogP contribution in [0.4, 0.5) is 4.79 Å². The highest BCUT2D eigenvalue weighted by molar-refractivity contribution is 5.80. The average Bonchev–Trinajstić information content (AvgIpc) is 2.60. The van der Waals surface area contributed by atoms with Gasteiger partial charge < -0.3 is 14.7 Å². The van der Waals surface area contributed by atoms with E-state index in [2.05, 4.69) is 10.0 Å². The van der Waals surface area contributed by atoms with Crippen LogP contribution in [0.2, 0.25) is 0 Å². The number of nitrogens with zero attached hydrogens (tertiary/aromatic N) is 4. The fourth-order valence-corrected chi connectivity index (χ4v) is 3.22. The summed E-state index contributed by atoms with van der Waals surface area (Å²) in [6.07, 6.45) is 1.28. The standard InChI is InChI=1S/C13H20N4O4/c1-12(2,3)21-11(20)17-8-4-5-9(17)7-13(6-8,10(18)19)15-16-14/h8-9H,4-7H2,1-3H3,(H,18,19). The number of azide groups is 1. The number of fused-ring (bicyclic) bond motifs is 2. The van der Waals surface area contributed by atoms with Gasteiger partial charge in [-0.15, -0.1) is 0 Å². The number of hydrogen-bond donors (Lipinski definition) is 1. The fraction of sp³-hybridized carbons (Fsp3) is 0.846. The predicted molar refractivity (Wildman–Crippen MR) is 73.6 cm³/mol. The third-order valence-corrected chi connectivity index (χ3v) is 4.01. The van der Waals surface area contributed by atoms with Crippen molar-refractivity contribution in [3.63, 3.8) is 0 Å². The third-order valence-electron chi connectivity index (χ3n) is 4.01. The van der Waals surface area contributed by atoms with Crippen LogP contribution in [0.15, 0.2) is 5.11 Å². The Morgan fingerprint density at radius 3 is 2.24 bits per heavy atom. The Kier molecular flexibility index (Phi) is 3.76. The van der Waals surface area contributed by atoms with Crippen molar-refractivity contribution in [3.05, 3.63) is 10.4 Å². The highest BCUT2D eigenvalue weighted by atomic mass is 16.6. The number of piperidine rings is 1. The van der Waals surface area contributed by atoms with E-state index in [1.165, 1.54) is 0 Å². The van der Waals surface area contributed by atoms with Gasteiger partial charge in [-0.25, -0.2) is 4.79 Å². The first-order valence-electron chi connectivity index (χ1n) is 6.99. The van der Waals surface area contributed by atoms with E-state index in [9.17, 15) is 14.7 Å². The van der Waals surface area contributed by atoms with Crippen molar-refractivity contribution in [2.75, 3.05) is 0 Å². The summed E-state index contributed by atoms with van der Waals surface area (Å²) in [6, 6.07) is -0.500. The van der Waals surface area contributed by atoms with Gasteiger partial charge in [0.2, 0.25) is 0 Å². The normalized spacial score (nSPS) is 31.5. The van der Waals surface area contributed by atoms with Crippen LogP contribution in [0.1, 0.15) is 46.5 Å². The minimum absolute atomic E-state index is 0.141. The summed E-state index contributed by atoms with van der Waals surface area (Å²) in [5.74, 6) is -1.12. The number of carboxylic acids is 1. The van der Waals surface area contributed by atoms with E-state index in [0.29, 0.717) is 12.8 Å². The summed E-state index contributed by atoms with van der Waals surface area (Å²) >= 11 is 0. The summed E-state index contributed by atoms with van der Waals surface area (Å²) in [5.41, 5.74) is 6.60. The number of carboxylic acid groups (broad SMARTS) is 1. The van der Waals surface area contributed by atoms with Crippen LogP contribution in [0.3, 0.4) is 0 Å². The van der Waals surface area contributed by atoms with Gasteiger partial charge in [-0.3, -0.25) is 4.79 Å². The largest absolute Gasteiger partial charge is 0.481 e. The second kappa shape index (κ2) is 5.11. The smallest absolute Gasteiger partial charge is 0.410 e. The van der Waals surface area contributed by atoms with Gasteiger partial charge in [0.05, 0.1) is 0 Å². The fourth-order valence-electron chi connectivity index (χ4n) is 3.22. The number of rotatable bonds is 2. The molecule has 116 valence electrons. The molecule has 2 rings (SSSR count). The van der Waals surface area contributed by atoms with Crippen LogP contribution in [0.5, 0.6) is 0 Å². The van der Waals surface area contributed by atoms with Crippen molar-refractivity contribution in [2.45, 2.75) is 69.7 Å². The second-order valence-electron chi connectivity index (χ2n) is 6.71. The summed E-state index contributed by atoms with van der Waals surface area (Å²) in [5, 5.41) is 12.9. The molecule has 0 saturated carbocycles. The van der Waals surface area contributed by atoms with Gasteiger partial charge in [0, 0.05) is 17.0 Å². The van der Waals surface area contributed by atoms with E-state index in [4.69, 9.17) is 10.3 Å². The minimum atomic E-state index is -1.45. The summed E-state index contributed by atoms with van der Waals surface area (Å²) in [4.78, 5) is 28.1. The molecule has 2 bridgehead atoms. The van der Waals surface area contributed by atoms with E-state index in [-0.39, 0.29) is 24.9 Å². The number of amides is 1. The second-order valence-corrected chi connectivity index (χ2v) is 6.71. The van der Waals surface area contributed by atoms with Crippen LogP contribution in [0, 0.1) is 0 Å². The minimum Gasteiger partial charge on any atom is -0.481 e. The lowest BCUT2D eigenvalue weighted by molar-refractivity contribution is -0.146. The maximum atomic E-state index is 12.3. The van der Waals surface area contributed by atoms with Gasteiger partial charge in [0.1, 0.15) is 11.1 Å². The monoisotopic (exact) mass is 296 g/mol. The quantitative estimate of drug-likeness (QED) is 0.479. The predicted octanol–water partition coefficient (Wildman–Crippen LogP) is 2.68. The molecule has 2 saturated heterocycles. The third kappa shape index (κ3) is 2.90. The first kappa shape index (κ1) is 15.4. The molecule has 2 aliphatic rings. The first-order chi connectivity index (χ1) is 9.68. The van der Waals surface area contributed by atoms with Crippen molar-refractivity contribution in [1.82, 2.24) is 4.90 Å². The van der Waals surface area contributed by atoms with Gasteiger partial charge in [0.25, 0.3) is 0 Å². The van der Waals surface area contributed by atoms with Crippen LogP contribution < -0.4 is 0 Å². The molecule has 8 nitrogen and oxygen atoms in total. The zero-order valence-electron chi connectivity index (χ0n) is 12.4. The van der Waals surface area contributed by atoms with Crippen molar-refractivity contribution < 1.29 is 19.4 Å². The highest BCUT2D eigenvalue weighted by Gasteiger charge is 2.54. The zero-order valence-corrected chi connectivity index (χ0v) is 12.4. The van der Waals surface area contributed by atoms with E-state index < -0.39 is 23.2 Å². The first-order valence-corrected chi connectivity index (χ1v) is 6.99. The molecule has 21 heavy (non-hydrogen) atoms. The molecule has 0 spiro atoms. The Hall–Kier alpha value is -1.95. The Balaban J connectivity index is 2.21. The lowest BCUT2D eigenvalue weighted by Crippen LogP contribution is -2.56. The molecule has 0 aliphatic carbocycles. The molecule has 8 heteroatoms. The van der Waals surface area contributed by atoms with Crippen molar-refractivity contribution in [1.29, 1.82) is 0 Å². The van der Waals surface area contributed by atoms with Crippen LogP contribution in [-0.4, -0.2) is 45.3 Å². The molecule has 2 unspecified atom stereocenters. The number of aliphatic carboxylic acids is 1. The number of carbonyl (C=O) groups is 2. The molecule has 2 atom stereocenters. The SMILES string of the molecule is CC(C)(C)OC(=O)N1C2CCC1CC(N=[N+]=[N-])(C(=O)O)C2. The summed E-state index contributed by atoms with van der Waals surface area (Å²) in [6.45, 7) is 5.37. The lowest BCUT2D eigenvalue weighted by atomic mass is 9.84. The van der Waals surface area contributed by atoms with E-state index in [0.717, 1.165) is 0 Å². The molecular weight excluding hydrogens is 276 g/mol. The number of carbonyl (C=O) groups excluding carboxylic acids is 1. The van der Waals surface area contributed by atoms with Crippen molar-refractivity contribution in [2.24, 2.45) is 5.11 Å². The number of hydrogen-bond acceptors (Lipinski definition) is 4. The molecule has 0 aromatic rings. The average molecular weight is 296 g/mol. The Bertz CT molecular complexity index is 489. The molecule has 0 aromatic heterocycles. The van der Waals surface area contributed by atoms with Crippen LogP contribution in [-0.2, 0) is 9.53 Å². The van der Waals surface area contributed by atoms with Crippen LogP contribution >= 0.6 is 0 Å². The van der Waals surface area contributed by atoms with Gasteiger partial charge in [-0.05, 0) is 52.0 Å². The van der Waals surface area contributed by atoms with E-state index in [1.807, 2.05) is 0 Å². The molecule has 1 N–H and O–H groups in total. The topological polar surface area (TPSA) is 116 Å².